The number of halogens is 2. The molecule has 0 radical (unpaired) electrons. The van der Waals surface area contributed by atoms with Crippen LogP contribution in [0.2, 0.25) is 0 Å². The molecule has 2 aromatic carbocycles. The number of rotatable bonds is 4. The molecule has 1 amide bonds. The predicted molar refractivity (Wildman–Crippen MR) is 87.9 cm³/mol. The Balaban J connectivity index is 1.65. The third-order valence-electron chi connectivity index (χ3n) is 2.94. The van der Waals surface area contributed by atoms with E-state index in [-0.39, 0.29) is 10.9 Å². The largest absolute Gasteiger partial charge is 0.296 e. The zero-order valence-electron chi connectivity index (χ0n) is 12.1. The van der Waals surface area contributed by atoms with Crippen LogP contribution >= 0.6 is 11.3 Å². The summed E-state index contributed by atoms with van der Waals surface area (Å²) in [7, 11) is 0. The van der Waals surface area contributed by atoms with E-state index in [4.69, 9.17) is 0 Å². The molecule has 1 heterocycles. The summed E-state index contributed by atoms with van der Waals surface area (Å²) in [5.74, 6) is -1.16. The second-order valence-corrected chi connectivity index (χ2v) is 5.62. The van der Waals surface area contributed by atoms with Crippen LogP contribution in [0, 0.1) is 11.6 Å². The molecule has 0 fully saturated rings. The molecule has 3 aromatic rings. The van der Waals surface area contributed by atoms with Crippen LogP contribution in [0.1, 0.15) is 15.9 Å². The van der Waals surface area contributed by atoms with Gasteiger partial charge in [-0.3, -0.25) is 10.1 Å². The lowest BCUT2D eigenvalue weighted by Gasteiger charge is -2.00. The van der Waals surface area contributed by atoms with Gasteiger partial charge < -0.3 is 0 Å². The second kappa shape index (κ2) is 7.05. The van der Waals surface area contributed by atoms with Crippen LogP contribution in [-0.2, 0) is 0 Å². The zero-order chi connectivity index (χ0) is 16.9. The standard InChI is InChI=1S/C16H10F2N4OS/c17-12-5-1-10(2-6-12)9-19-15-21-22-16(24-15)20-14(23)11-3-7-13(18)8-4-11/h1-9H,(H,20,22,23). The molecule has 1 N–H and O–H groups in total. The van der Waals surface area contributed by atoms with Gasteiger partial charge in [-0.2, -0.15) is 0 Å². The van der Waals surface area contributed by atoms with Crippen LogP contribution in [0.15, 0.2) is 53.5 Å². The van der Waals surface area contributed by atoms with Crippen molar-refractivity contribution in [3.05, 3.63) is 71.3 Å². The molecular weight excluding hydrogens is 334 g/mol. The number of hydrogen-bond donors (Lipinski definition) is 1. The predicted octanol–water partition coefficient (Wildman–Crippen LogP) is 3.82. The Bertz CT molecular complexity index is 876. The third-order valence-corrected chi connectivity index (χ3v) is 3.68. The van der Waals surface area contributed by atoms with Gasteiger partial charge in [-0.25, -0.2) is 13.8 Å². The van der Waals surface area contributed by atoms with Crippen molar-refractivity contribution >= 4 is 33.7 Å². The van der Waals surface area contributed by atoms with Gasteiger partial charge in [0, 0.05) is 11.8 Å². The molecule has 5 nitrogen and oxygen atoms in total. The van der Waals surface area contributed by atoms with Gasteiger partial charge in [-0.1, -0.05) is 23.5 Å². The minimum atomic E-state index is -0.417. The summed E-state index contributed by atoms with van der Waals surface area (Å²) in [4.78, 5) is 16.1. The Hall–Kier alpha value is -3.00. The second-order valence-electron chi connectivity index (χ2n) is 4.66. The number of aromatic nitrogens is 2. The van der Waals surface area contributed by atoms with E-state index in [1.54, 1.807) is 12.1 Å². The first-order chi connectivity index (χ1) is 11.6. The van der Waals surface area contributed by atoms with Crippen LogP contribution in [0.4, 0.5) is 19.0 Å². The fourth-order valence-corrected chi connectivity index (χ4v) is 2.35. The summed E-state index contributed by atoms with van der Waals surface area (Å²) < 4.78 is 25.6. The number of amides is 1. The van der Waals surface area contributed by atoms with Crippen molar-refractivity contribution in [2.45, 2.75) is 0 Å². The van der Waals surface area contributed by atoms with Crippen molar-refractivity contribution in [2.24, 2.45) is 4.99 Å². The maximum atomic E-state index is 12.8. The summed E-state index contributed by atoms with van der Waals surface area (Å²) in [5, 5.41) is 10.8. The van der Waals surface area contributed by atoms with Crippen LogP contribution in [-0.4, -0.2) is 22.3 Å². The van der Waals surface area contributed by atoms with Crippen LogP contribution in [0.5, 0.6) is 0 Å². The number of carbonyl (C=O) groups excluding carboxylic acids is 1. The smallest absolute Gasteiger partial charge is 0.257 e. The zero-order valence-corrected chi connectivity index (χ0v) is 12.9. The topological polar surface area (TPSA) is 67.2 Å². The summed E-state index contributed by atoms with van der Waals surface area (Å²) in [5.41, 5.74) is 1.02. The van der Waals surface area contributed by atoms with Crippen LogP contribution in [0.25, 0.3) is 0 Å². The Kier molecular flexibility index (Phi) is 4.66. The van der Waals surface area contributed by atoms with Crippen molar-refractivity contribution in [3.63, 3.8) is 0 Å². The van der Waals surface area contributed by atoms with E-state index in [0.717, 1.165) is 11.3 Å². The van der Waals surface area contributed by atoms with E-state index in [1.165, 1.54) is 42.6 Å². The number of benzene rings is 2. The van der Waals surface area contributed by atoms with E-state index in [9.17, 15) is 13.6 Å². The Morgan fingerprint density at radius 1 is 1.00 bits per heavy atom. The van der Waals surface area contributed by atoms with Gasteiger partial charge >= 0.3 is 0 Å². The van der Waals surface area contributed by atoms with Crippen LogP contribution < -0.4 is 5.32 Å². The van der Waals surface area contributed by atoms with E-state index in [1.807, 2.05) is 0 Å². The molecule has 120 valence electrons. The lowest BCUT2D eigenvalue weighted by molar-refractivity contribution is 0.102. The Morgan fingerprint density at radius 2 is 1.62 bits per heavy atom. The van der Waals surface area contributed by atoms with Crippen molar-refractivity contribution in [3.8, 4) is 0 Å². The lowest BCUT2D eigenvalue weighted by atomic mass is 10.2. The van der Waals surface area contributed by atoms with E-state index >= 15 is 0 Å². The lowest BCUT2D eigenvalue weighted by Crippen LogP contribution is -2.11. The molecule has 0 saturated carbocycles. The molecular formula is C16H10F2N4OS. The molecule has 0 aliphatic carbocycles. The minimum Gasteiger partial charge on any atom is -0.296 e. The average molecular weight is 344 g/mol. The van der Waals surface area contributed by atoms with Gasteiger partial charge in [-0.15, -0.1) is 10.2 Å². The maximum Gasteiger partial charge on any atom is 0.257 e. The Labute approximate surface area is 139 Å². The average Bonchev–Trinajstić information content (AvgIpc) is 3.02. The maximum absolute atomic E-state index is 12.8. The van der Waals surface area contributed by atoms with E-state index < -0.39 is 11.7 Å². The molecule has 3 rings (SSSR count). The van der Waals surface area contributed by atoms with Crippen molar-refractivity contribution in [2.75, 3.05) is 5.32 Å². The quantitative estimate of drug-likeness (QED) is 0.732. The Morgan fingerprint density at radius 3 is 2.29 bits per heavy atom. The fraction of sp³-hybridized carbons (Fsp3) is 0. The molecule has 0 saturated heterocycles. The molecule has 0 aliphatic heterocycles. The minimum absolute atomic E-state index is 0.274. The number of hydrogen-bond acceptors (Lipinski definition) is 5. The first kappa shape index (κ1) is 15.9. The molecule has 0 unspecified atom stereocenters. The van der Waals surface area contributed by atoms with Crippen molar-refractivity contribution in [1.82, 2.24) is 10.2 Å². The SMILES string of the molecule is O=C(Nc1nnc(N=Cc2ccc(F)cc2)s1)c1ccc(F)cc1. The highest BCUT2D eigenvalue weighted by Crippen LogP contribution is 2.23. The van der Waals surface area contributed by atoms with E-state index in [0.29, 0.717) is 16.3 Å². The van der Waals surface area contributed by atoms with E-state index in [2.05, 4.69) is 20.5 Å². The molecule has 24 heavy (non-hydrogen) atoms. The summed E-state index contributed by atoms with van der Waals surface area (Å²) in [6.07, 6.45) is 1.52. The van der Waals surface area contributed by atoms with Gasteiger partial charge in [0.05, 0.1) is 0 Å². The number of nitrogens with zero attached hydrogens (tertiary/aromatic N) is 3. The molecule has 8 heteroatoms. The number of anilines is 1. The number of nitrogens with one attached hydrogen (secondary N) is 1. The highest BCUT2D eigenvalue weighted by Gasteiger charge is 2.09. The monoisotopic (exact) mass is 344 g/mol. The van der Waals surface area contributed by atoms with Crippen LogP contribution in [0.3, 0.4) is 0 Å². The fourth-order valence-electron chi connectivity index (χ4n) is 1.77. The third kappa shape index (κ3) is 4.05. The molecule has 0 atom stereocenters. The van der Waals surface area contributed by atoms with Gasteiger partial charge in [-0.05, 0) is 42.0 Å². The molecule has 0 spiro atoms. The first-order valence-corrected chi connectivity index (χ1v) is 7.62. The van der Waals surface area contributed by atoms with Gasteiger partial charge in [0.1, 0.15) is 11.6 Å². The summed E-state index contributed by atoms with van der Waals surface area (Å²) in [6, 6.07) is 11.0. The molecule has 0 bridgehead atoms. The normalized spacial score (nSPS) is 10.9. The van der Waals surface area contributed by atoms with Gasteiger partial charge in [0.25, 0.3) is 5.91 Å². The van der Waals surface area contributed by atoms with Crippen molar-refractivity contribution in [1.29, 1.82) is 0 Å². The first-order valence-electron chi connectivity index (χ1n) is 6.80. The van der Waals surface area contributed by atoms with Crippen molar-refractivity contribution < 1.29 is 13.6 Å². The highest BCUT2D eigenvalue weighted by atomic mass is 32.1. The summed E-state index contributed by atoms with van der Waals surface area (Å²) in [6.45, 7) is 0. The van der Waals surface area contributed by atoms with Gasteiger partial charge in [0.15, 0.2) is 0 Å². The van der Waals surface area contributed by atoms with Gasteiger partial charge in [0.2, 0.25) is 10.3 Å². The molecule has 0 aliphatic rings. The molecule has 1 aromatic heterocycles. The highest BCUT2D eigenvalue weighted by molar-refractivity contribution is 7.18. The summed E-state index contributed by atoms with van der Waals surface area (Å²) >= 11 is 1.08. The number of aliphatic imine (C=N–C) groups is 1. The number of carbonyl (C=O) groups is 1.